The molecule has 0 fully saturated rings. The van der Waals surface area contributed by atoms with Crippen LogP contribution in [-0.2, 0) is 6.54 Å². The van der Waals surface area contributed by atoms with Crippen LogP contribution in [0.3, 0.4) is 0 Å². The lowest BCUT2D eigenvalue weighted by atomic mass is 10.1. The number of amides is 1. The molecule has 11 nitrogen and oxygen atoms in total. The van der Waals surface area contributed by atoms with E-state index < -0.39 is 5.91 Å². The van der Waals surface area contributed by atoms with E-state index in [1.807, 2.05) is 51.1 Å². The van der Waals surface area contributed by atoms with E-state index in [1.54, 1.807) is 0 Å². The molecule has 0 atom stereocenters. The number of nitrogens with one attached hydrogen (secondary N) is 1. The van der Waals surface area contributed by atoms with Crippen LogP contribution < -0.4 is 11.2 Å². The van der Waals surface area contributed by atoms with E-state index >= 15 is 0 Å². The van der Waals surface area contributed by atoms with E-state index in [2.05, 4.69) is 40.7 Å². The highest BCUT2D eigenvalue weighted by atomic mass is 16.6. The van der Waals surface area contributed by atoms with Gasteiger partial charge in [0.25, 0.3) is 5.91 Å². The molecule has 0 aliphatic heterocycles. The summed E-state index contributed by atoms with van der Waals surface area (Å²) in [5, 5.41) is 19.7. The van der Waals surface area contributed by atoms with Crippen LogP contribution in [0.4, 0.5) is 5.82 Å². The number of aromatic nitrogens is 5. The molecule has 11 heteroatoms. The van der Waals surface area contributed by atoms with Crippen molar-refractivity contribution < 1.29 is 9.42 Å². The monoisotopic (exact) mass is 397 g/mol. The van der Waals surface area contributed by atoms with Crippen molar-refractivity contribution in [1.82, 2.24) is 35.6 Å². The lowest BCUT2D eigenvalue weighted by molar-refractivity contribution is 0.0944. The first kappa shape index (κ1) is 20.1. The van der Waals surface area contributed by atoms with Crippen LogP contribution in [0.2, 0.25) is 0 Å². The van der Waals surface area contributed by atoms with Crippen molar-refractivity contribution in [2.45, 2.75) is 27.3 Å². The first-order valence-corrected chi connectivity index (χ1v) is 9.20. The summed E-state index contributed by atoms with van der Waals surface area (Å²) in [7, 11) is 0. The quantitative estimate of drug-likeness (QED) is 0.427. The molecular formula is C18H23N9O2. The maximum absolute atomic E-state index is 13.0. The average Bonchev–Trinajstić information content (AvgIpc) is 3.36. The molecule has 29 heavy (non-hydrogen) atoms. The number of hydrogen-bond acceptors (Lipinski definition) is 9. The normalized spacial score (nSPS) is 11.8. The topological polar surface area (TPSA) is 140 Å². The molecule has 0 bridgehead atoms. The second kappa shape index (κ2) is 9.06. The van der Waals surface area contributed by atoms with Gasteiger partial charge in [-0.2, -0.15) is 9.78 Å². The first-order valence-electron chi connectivity index (χ1n) is 9.20. The summed E-state index contributed by atoms with van der Waals surface area (Å²) in [6.45, 7) is 7.89. The molecule has 0 unspecified atom stereocenters. The van der Waals surface area contributed by atoms with Crippen LogP contribution in [-0.4, -0.2) is 54.9 Å². The van der Waals surface area contributed by atoms with Crippen molar-refractivity contribution in [1.29, 1.82) is 0 Å². The van der Waals surface area contributed by atoms with Gasteiger partial charge in [0.1, 0.15) is 5.69 Å². The molecule has 1 amide bonds. The molecule has 152 valence electrons. The summed E-state index contributed by atoms with van der Waals surface area (Å²) in [4.78, 5) is 15.1. The van der Waals surface area contributed by atoms with Crippen LogP contribution in [0.1, 0.15) is 42.5 Å². The second-order valence-electron chi connectivity index (χ2n) is 6.24. The highest BCUT2D eigenvalue weighted by Crippen LogP contribution is 2.17. The number of hydrogen-bond donors (Lipinski definition) is 2. The second-order valence-corrected chi connectivity index (χ2v) is 6.24. The van der Waals surface area contributed by atoms with Crippen molar-refractivity contribution in [2.75, 3.05) is 18.8 Å². The van der Waals surface area contributed by atoms with Gasteiger partial charge in [-0.25, -0.2) is 10.1 Å². The molecule has 0 saturated carbocycles. The molecule has 0 aliphatic carbocycles. The molecule has 0 aliphatic rings. The Kier molecular flexibility index (Phi) is 6.29. The fourth-order valence-electron chi connectivity index (χ4n) is 2.72. The van der Waals surface area contributed by atoms with Gasteiger partial charge in [-0.3, -0.25) is 9.69 Å². The van der Waals surface area contributed by atoms with Gasteiger partial charge in [-0.15, -0.1) is 5.10 Å². The fraction of sp³-hybridized carbons (Fsp3) is 0.333. The zero-order valence-electron chi connectivity index (χ0n) is 16.5. The molecule has 2 heterocycles. The third-order valence-corrected chi connectivity index (χ3v) is 4.44. The van der Waals surface area contributed by atoms with E-state index in [0.29, 0.717) is 18.0 Å². The summed E-state index contributed by atoms with van der Waals surface area (Å²) in [6, 6.07) is 9.53. The highest BCUT2D eigenvalue weighted by molar-refractivity contribution is 6.00. The Morgan fingerprint density at radius 1 is 1.24 bits per heavy atom. The largest absolute Gasteiger partial charge is 0.378 e. The van der Waals surface area contributed by atoms with E-state index in [-0.39, 0.29) is 17.3 Å². The third kappa shape index (κ3) is 4.46. The first-order chi connectivity index (χ1) is 14.0. The number of nitrogens with zero attached hydrogens (tertiary/aromatic N) is 7. The zero-order valence-corrected chi connectivity index (χ0v) is 16.5. The van der Waals surface area contributed by atoms with Crippen LogP contribution in [0.5, 0.6) is 0 Å². The minimum atomic E-state index is -0.491. The molecule has 2 aromatic heterocycles. The van der Waals surface area contributed by atoms with Gasteiger partial charge >= 0.3 is 0 Å². The van der Waals surface area contributed by atoms with Gasteiger partial charge < -0.3 is 5.73 Å². The molecule has 3 N–H and O–H groups in total. The number of nitrogen functional groups attached to an aromatic ring is 1. The summed E-state index contributed by atoms with van der Waals surface area (Å²) in [5.41, 5.74) is 10.5. The predicted molar refractivity (Wildman–Crippen MR) is 106 cm³/mol. The van der Waals surface area contributed by atoms with Gasteiger partial charge in [-0.05, 0) is 35.9 Å². The van der Waals surface area contributed by atoms with E-state index in [4.69, 9.17) is 5.73 Å². The summed E-state index contributed by atoms with van der Waals surface area (Å²) in [6.07, 6.45) is 0. The van der Waals surface area contributed by atoms with Crippen molar-refractivity contribution in [2.24, 2.45) is 5.10 Å². The van der Waals surface area contributed by atoms with Gasteiger partial charge in [0.2, 0.25) is 11.6 Å². The molecule has 1 aromatic carbocycles. The SMILES string of the molecule is CCN(CC)Cc1nnn(-c2nonc2N)c1C(=O)N/N=C(\C)c1ccccc1. The van der Waals surface area contributed by atoms with Crippen molar-refractivity contribution in [3.8, 4) is 5.82 Å². The molecular weight excluding hydrogens is 374 g/mol. The summed E-state index contributed by atoms with van der Waals surface area (Å²) < 4.78 is 5.86. The van der Waals surface area contributed by atoms with Gasteiger partial charge in [0, 0.05) is 6.54 Å². The Hall–Kier alpha value is -3.60. The lowest BCUT2D eigenvalue weighted by Gasteiger charge is -2.16. The van der Waals surface area contributed by atoms with Gasteiger partial charge in [-0.1, -0.05) is 49.4 Å². The van der Waals surface area contributed by atoms with Crippen LogP contribution in [0.15, 0.2) is 40.1 Å². The van der Waals surface area contributed by atoms with E-state index in [1.165, 1.54) is 4.68 Å². The van der Waals surface area contributed by atoms with Gasteiger partial charge in [0.05, 0.1) is 5.71 Å². The predicted octanol–water partition coefficient (Wildman–Crippen LogP) is 1.23. The average molecular weight is 397 g/mol. The molecule has 0 spiro atoms. The number of carbonyl (C=O) groups is 1. The standard InChI is InChI=1S/C18H23N9O2/c1-4-26(5-2)11-14-15(27(25-21-14)17-16(19)23-29-24-17)18(28)22-20-12(3)13-9-7-6-8-10-13/h6-10H,4-5,11H2,1-3H3,(H2,19,23)(H,22,28)/b20-12+. The Bertz CT molecular complexity index is 990. The number of rotatable bonds is 8. The molecule has 3 rings (SSSR count). The summed E-state index contributed by atoms with van der Waals surface area (Å²) >= 11 is 0. The molecule has 0 radical (unpaired) electrons. The number of carbonyl (C=O) groups excluding carboxylic acids is 1. The number of nitrogens with two attached hydrogens (primary N) is 1. The van der Waals surface area contributed by atoms with E-state index in [9.17, 15) is 4.79 Å². The minimum absolute atomic E-state index is 0.00214. The van der Waals surface area contributed by atoms with Crippen LogP contribution in [0.25, 0.3) is 5.82 Å². The Morgan fingerprint density at radius 3 is 2.59 bits per heavy atom. The lowest BCUT2D eigenvalue weighted by Crippen LogP contribution is -2.27. The number of anilines is 1. The fourth-order valence-corrected chi connectivity index (χ4v) is 2.72. The molecule has 0 saturated heterocycles. The minimum Gasteiger partial charge on any atom is -0.378 e. The maximum Gasteiger partial charge on any atom is 0.292 e. The Morgan fingerprint density at radius 2 is 1.97 bits per heavy atom. The van der Waals surface area contributed by atoms with Gasteiger partial charge in [0.15, 0.2) is 5.69 Å². The van der Waals surface area contributed by atoms with Crippen LogP contribution >= 0.6 is 0 Å². The third-order valence-electron chi connectivity index (χ3n) is 4.44. The summed E-state index contributed by atoms with van der Waals surface area (Å²) in [5.74, 6) is -0.394. The van der Waals surface area contributed by atoms with Crippen molar-refractivity contribution in [3.63, 3.8) is 0 Å². The number of hydrazone groups is 1. The Balaban J connectivity index is 1.93. The van der Waals surface area contributed by atoms with E-state index in [0.717, 1.165) is 18.7 Å². The zero-order chi connectivity index (χ0) is 20.8. The molecule has 3 aromatic rings. The van der Waals surface area contributed by atoms with Crippen molar-refractivity contribution in [3.05, 3.63) is 47.3 Å². The highest BCUT2D eigenvalue weighted by Gasteiger charge is 2.25. The van der Waals surface area contributed by atoms with Crippen molar-refractivity contribution >= 4 is 17.4 Å². The smallest absolute Gasteiger partial charge is 0.292 e. The maximum atomic E-state index is 13.0. The number of benzene rings is 1. The Labute approximate surface area is 167 Å². The van der Waals surface area contributed by atoms with Crippen LogP contribution in [0, 0.1) is 0 Å².